The molecule has 1 saturated carbocycles. The minimum absolute atomic E-state index is 0.0190. The molecule has 0 saturated heterocycles. The molecule has 2 heteroatoms. The summed E-state index contributed by atoms with van der Waals surface area (Å²) in [6, 6.07) is 18.4. The molecule has 0 N–H and O–H groups in total. The molecule has 0 bridgehead atoms. The van der Waals surface area contributed by atoms with Crippen molar-refractivity contribution in [1.82, 2.24) is 0 Å². The average Bonchev–Trinajstić information content (AvgIpc) is 3.06. The Labute approximate surface area is 124 Å². The number of hydrogen-bond acceptors (Lipinski definition) is 2. The molecule has 2 aromatic carbocycles. The first-order valence-corrected chi connectivity index (χ1v) is 7.44. The Bertz CT molecular complexity index is 584. The highest BCUT2D eigenvalue weighted by Crippen LogP contribution is 2.43. The fraction of sp³-hybridized carbons (Fsp3) is 0.263. The molecule has 0 atom stereocenters. The first-order valence-electron chi connectivity index (χ1n) is 7.44. The molecule has 1 aliphatic carbocycles. The van der Waals surface area contributed by atoms with Crippen LogP contribution in [0.5, 0.6) is 0 Å². The summed E-state index contributed by atoms with van der Waals surface area (Å²) in [7, 11) is 0. The van der Waals surface area contributed by atoms with E-state index in [-0.39, 0.29) is 11.6 Å². The lowest BCUT2D eigenvalue weighted by Gasteiger charge is -2.26. The summed E-state index contributed by atoms with van der Waals surface area (Å²) in [6.45, 7) is 0. The van der Waals surface area contributed by atoms with Gasteiger partial charge >= 0.3 is 0 Å². The molecule has 106 valence electrons. The van der Waals surface area contributed by atoms with Gasteiger partial charge in [0.05, 0.1) is 5.41 Å². The monoisotopic (exact) mass is 278 g/mol. The SMILES string of the molecule is O=C(c1ccccc1)C1(C(=O)c2ccccc2)CCCC1. The molecule has 0 spiro atoms. The van der Waals surface area contributed by atoms with Crippen molar-refractivity contribution >= 4 is 11.6 Å². The number of benzene rings is 2. The molecule has 1 fully saturated rings. The van der Waals surface area contributed by atoms with Crippen LogP contribution in [0.25, 0.3) is 0 Å². The van der Waals surface area contributed by atoms with Gasteiger partial charge in [-0.25, -0.2) is 0 Å². The standard InChI is InChI=1S/C19H18O2/c20-17(15-9-3-1-4-10-15)19(13-7-8-14-19)18(21)16-11-5-2-6-12-16/h1-6,9-12H,7-8,13-14H2. The van der Waals surface area contributed by atoms with Crippen LogP contribution in [0, 0.1) is 5.41 Å². The lowest BCUT2D eigenvalue weighted by molar-refractivity contribution is 0.0670. The number of ketones is 2. The molecule has 0 aromatic heterocycles. The van der Waals surface area contributed by atoms with Gasteiger partial charge in [0.25, 0.3) is 0 Å². The Balaban J connectivity index is 2.01. The van der Waals surface area contributed by atoms with Crippen molar-refractivity contribution in [2.75, 3.05) is 0 Å². The molecule has 0 aliphatic heterocycles. The van der Waals surface area contributed by atoms with Crippen molar-refractivity contribution in [3.8, 4) is 0 Å². The van der Waals surface area contributed by atoms with E-state index >= 15 is 0 Å². The Morgan fingerprint density at radius 2 is 1.05 bits per heavy atom. The second-order valence-electron chi connectivity index (χ2n) is 5.68. The maximum Gasteiger partial charge on any atom is 0.176 e. The van der Waals surface area contributed by atoms with Crippen LogP contribution in [0.4, 0.5) is 0 Å². The fourth-order valence-corrected chi connectivity index (χ4v) is 3.27. The molecule has 1 aliphatic rings. The fourth-order valence-electron chi connectivity index (χ4n) is 3.27. The van der Waals surface area contributed by atoms with Gasteiger partial charge in [0.1, 0.15) is 0 Å². The lowest BCUT2D eigenvalue weighted by Crippen LogP contribution is -2.37. The van der Waals surface area contributed by atoms with Crippen LogP contribution in [0.15, 0.2) is 60.7 Å². The molecule has 0 unspecified atom stereocenters. The van der Waals surface area contributed by atoms with E-state index in [0.717, 1.165) is 12.8 Å². The number of rotatable bonds is 4. The minimum Gasteiger partial charge on any atom is -0.293 e. The number of carbonyl (C=O) groups is 2. The van der Waals surface area contributed by atoms with Crippen LogP contribution >= 0.6 is 0 Å². The Hall–Kier alpha value is -2.22. The number of Topliss-reactive ketones (excluding diaryl/α,β-unsaturated/α-hetero) is 2. The quantitative estimate of drug-likeness (QED) is 0.617. The van der Waals surface area contributed by atoms with Crippen molar-refractivity contribution in [2.24, 2.45) is 5.41 Å². The van der Waals surface area contributed by atoms with E-state index < -0.39 is 5.41 Å². The maximum absolute atomic E-state index is 13.0. The molecular weight excluding hydrogens is 260 g/mol. The number of hydrogen-bond donors (Lipinski definition) is 0. The third-order valence-electron chi connectivity index (χ3n) is 4.40. The molecule has 2 nitrogen and oxygen atoms in total. The first kappa shape index (κ1) is 13.7. The first-order chi connectivity index (χ1) is 10.2. The van der Waals surface area contributed by atoms with Gasteiger partial charge in [0.15, 0.2) is 11.6 Å². The van der Waals surface area contributed by atoms with Crippen LogP contribution < -0.4 is 0 Å². The largest absolute Gasteiger partial charge is 0.293 e. The highest BCUT2D eigenvalue weighted by molar-refractivity contribution is 6.19. The highest BCUT2D eigenvalue weighted by atomic mass is 16.2. The van der Waals surface area contributed by atoms with Gasteiger partial charge in [0, 0.05) is 11.1 Å². The summed E-state index contributed by atoms with van der Waals surface area (Å²) in [5, 5.41) is 0. The van der Waals surface area contributed by atoms with Gasteiger partial charge in [-0.15, -0.1) is 0 Å². The molecule has 2 aromatic rings. The zero-order chi connectivity index (χ0) is 14.7. The van der Waals surface area contributed by atoms with Crippen LogP contribution in [0.2, 0.25) is 0 Å². The molecule has 21 heavy (non-hydrogen) atoms. The van der Waals surface area contributed by atoms with Gasteiger partial charge in [-0.1, -0.05) is 73.5 Å². The normalized spacial score (nSPS) is 16.6. The van der Waals surface area contributed by atoms with E-state index in [9.17, 15) is 9.59 Å². The van der Waals surface area contributed by atoms with Crippen molar-refractivity contribution in [1.29, 1.82) is 0 Å². The Kier molecular flexibility index (Phi) is 3.70. The van der Waals surface area contributed by atoms with E-state index in [0.29, 0.717) is 24.0 Å². The summed E-state index contributed by atoms with van der Waals surface area (Å²) in [5.74, 6) is -0.0380. The maximum atomic E-state index is 13.0. The van der Waals surface area contributed by atoms with Crippen LogP contribution in [0.1, 0.15) is 46.4 Å². The Morgan fingerprint density at radius 3 is 1.43 bits per heavy atom. The van der Waals surface area contributed by atoms with Gasteiger partial charge in [-0.2, -0.15) is 0 Å². The van der Waals surface area contributed by atoms with E-state index in [4.69, 9.17) is 0 Å². The average molecular weight is 278 g/mol. The third-order valence-corrected chi connectivity index (χ3v) is 4.40. The predicted octanol–water partition coefficient (Wildman–Crippen LogP) is 4.31. The lowest BCUT2D eigenvalue weighted by atomic mass is 9.73. The van der Waals surface area contributed by atoms with Crippen molar-refractivity contribution in [2.45, 2.75) is 25.7 Å². The van der Waals surface area contributed by atoms with Gasteiger partial charge in [0.2, 0.25) is 0 Å². The second kappa shape index (κ2) is 5.65. The molecule has 3 rings (SSSR count). The molecular formula is C19H18O2. The summed E-state index contributed by atoms with van der Waals surface area (Å²) in [5.41, 5.74) is 0.426. The van der Waals surface area contributed by atoms with E-state index in [1.165, 1.54) is 0 Å². The second-order valence-corrected chi connectivity index (χ2v) is 5.68. The van der Waals surface area contributed by atoms with Crippen LogP contribution in [-0.4, -0.2) is 11.6 Å². The highest BCUT2D eigenvalue weighted by Gasteiger charge is 2.47. The van der Waals surface area contributed by atoms with Crippen LogP contribution in [0.3, 0.4) is 0 Å². The third kappa shape index (κ3) is 2.42. The predicted molar refractivity (Wildman–Crippen MR) is 82.4 cm³/mol. The summed E-state index contributed by atoms with van der Waals surface area (Å²) in [4.78, 5) is 25.9. The van der Waals surface area contributed by atoms with Gasteiger partial charge in [-0.05, 0) is 12.8 Å². The topological polar surface area (TPSA) is 34.1 Å². The van der Waals surface area contributed by atoms with Gasteiger partial charge in [-0.3, -0.25) is 9.59 Å². The van der Waals surface area contributed by atoms with Gasteiger partial charge < -0.3 is 0 Å². The zero-order valence-corrected chi connectivity index (χ0v) is 11.9. The van der Waals surface area contributed by atoms with Crippen molar-refractivity contribution < 1.29 is 9.59 Å². The molecule has 0 radical (unpaired) electrons. The minimum atomic E-state index is -0.858. The molecule has 0 amide bonds. The van der Waals surface area contributed by atoms with E-state index in [2.05, 4.69) is 0 Å². The smallest absolute Gasteiger partial charge is 0.176 e. The summed E-state index contributed by atoms with van der Waals surface area (Å²) < 4.78 is 0. The molecule has 0 heterocycles. The summed E-state index contributed by atoms with van der Waals surface area (Å²) in [6.07, 6.45) is 3.21. The Morgan fingerprint density at radius 1 is 0.667 bits per heavy atom. The van der Waals surface area contributed by atoms with E-state index in [1.807, 2.05) is 36.4 Å². The summed E-state index contributed by atoms with van der Waals surface area (Å²) >= 11 is 0. The van der Waals surface area contributed by atoms with Crippen molar-refractivity contribution in [3.63, 3.8) is 0 Å². The zero-order valence-electron chi connectivity index (χ0n) is 11.9. The van der Waals surface area contributed by atoms with Crippen molar-refractivity contribution in [3.05, 3.63) is 71.8 Å². The van der Waals surface area contributed by atoms with Crippen LogP contribution in [-0.2, 0) is 0 Å². The van der Waals surface area contributed by atoms with E-state index in [1.54, 1.807) is 24.3 Å². The number of carbonyl (C=O) groups excluding carboxylic acids is 2.